The van der Waals surface area contributed by atoms with Gasteiger partial charge >= 0.3 is 5.97 Å². The van der Waals surface area contributed by atoms with Crippen LogP contribution in [-0.4, -0.2) is 35.7 Å². The van der Waals surface area contributed by atoms with Gasteiger partial charge in [-0.15, -0.1) is 0 Å². The van der Waals surface area contributed by atoms with E-state index in [1.165, 1.54) is 7.11 Å². The van der Waals surface area contributed by atoms with Crippen LogP contribution in [0.2, 0.25) is 0 Å². The molecular formula is C16H25NO3. The Morgan fingerprint density at radius 2 is 1.95 bits per heavy atom. The highest BCUT2D eigenvalue weighted by molar-refractivity contribution is 5.90. The van der Waals surface area contributed by atoms with E-state index in [9.17, 15) is 4.79 Å². The summed E-state index contributed by atoms with van der Waals surface area (Å²) in [6, 6.07) is 5.74. The number of aromatic carboxylic acids is 1. The molecule has 4 heteroatoms. The van der Waals surface area contributed by atoms with Crippen LogP contribution in [-0.2, 0) is 6.54 Å². The lowest BCUT2D eigenvalue weighted by Gasteiger charge is -2.28. The number of carboxylic acids is 1. The smallest absolute Gasteiger partial charge is 0.339 e. The van der Waals surface area contributed by atoms with Gasteiger partial charge in [0.25, 0.3) is 0 Å². The third-order valence-corrected chi connectivity index (χ3v) is 3.21. The van der Waals surface area contributed by atoms with Crippen LogP contribution in [0.5, 0.6) is 5.75 Å². The summed E-state index contributed by atoms with van der Waals surface area (Å²) in [5.41, 5.74) is 1.28. The van der Waals surface area contributed by atoms with Crippen LogP contribution < -0.4 is 4.74 Å². The predicted octanol–water partition coefficient (Wildman–Crippen LogP) is 3.26. The average Bonchev–Trinajstić information content (AvgIpc) is 2.36. The molecule has 0 saturated heterocycles. The topological polar surface area (TPSA) is 49.8 Å². The molecule has 0 amide bonds. The molecule has 0 heterocycles. The number of carbonyl (C=O) groups is 1. The van der Waals surface area contributed by atoms with Crippen molar-refractivity contribution in [1.82, 2.24) is 4.90 Å². The molecule has 0 fully saturated rings. The molecule has 112 valence electrons. The molecule has 0 atom stereocenters. The SMILES string of the molecule is COc1cc(CN(CC(C)C)C(C)C)ccc1C(=O)O. The Balaban J connectivity index is 2.93. The first kappa shape index (κ1) is 16.5. The molecule has 1 aromatic rings. The minimum absolute atomic E-state index is 0.205. The molecule has 4 nitrogen and oxygen atoms in total. The Hall–Kier alpha value is -1.55. The Kier molecular flexibility index (Phi) is 6.02. The fourth-order valence-electron chi connectivity index (χ4n) is 2.17. The summed E-state index contributed by atoms with van der Waals surface area (Å²) in [5, 5.41) is 9.09. The molecule has 0 spiro atoms. The lowest BCUT2D eigenvalue weighted by atomic mass is 10.1. The van der Waals surface area contributed by atoms with E-state index in [0.717, 1.165) is 18.7 Å². The van der Waals surface area contributed by atoms with Crippen molar-refractivity contribution in [3.8, 4) is 5.75 Å². The van der Waals surface area contributed by atoms with Gasteiger partial charge in [0.2, 0.25) is 0 Å². The van der Waals surface area contributed by atoms with Crippen molar-refractivity contribution in [2.45, 2.75) is 40.3 Å². The van der Waals surface area contributed by atoms with Gasteiger partial charge in [-0.1, -0.05) is 19.9 Å². The summed E-state index contributed by atoms with van der Waals surface area (Å²) in [6.45, 7) is 10.6. The van der Waals surface area contributed by atoms with Gasteiger partial charge in [-0.3, -0.25) is 4.90 Å². The zero-order valence-electron chi connectivity index (χ0n) is 13.0. The molecule has 0 unspecified atom stereocenters. The maximum Gasteiger partial charge on any atom is 0.339 e. The summed E-state index contributed by atoms with van der Waals surface area (Å²) in [4.78, 5) is 13.5. The second-order valence-corrected chi connectivity index (χ2v) is 5.76. The van der Waals surface area contributed by atoms with Crippen molar-refractivity contribution in [2.75, 3.05) is 13.7 Å². The third-order valence-electron chi connectivity index (χ3n) is 3.21. The van der Waals surface area contributed by atoms with E-state index in [-0.39, 0.29) is 5.56 Å². The molecule has 0 aromatic heterocycles. The van der Waals surface area contributed by atoms with E-state index >= 15 is 0 Å². The Morgan fingerprint density at radius 1 is 1.30 bits per heavy atom. The lowest BCUT2D eigenvalue weighted by Crippen LogP contribution is -2.33. The third kappa shape index (κ3) is 4.53. The predicted molar refractivity (Wildman–Crippen MR) is 80.3 cm³/mol. The van der Waals surface area contributed by atoms with E-state index in [1.54, 1.807) is 6.07 Å². The molecule has 0 aliphatic rings. The van der Waals surface area contributed by atoms with Gasteiger partial charge in [0.1, 0.15) is 11.3 Å². The van der Waals surface area contributed by atoms with Crippen LogP contribution in [0.1, 0.15) is 43.6 Å². The first-order chi connectivity index (χ1) is 9.35. The number of carboxylic acid groups (broad SMARTS) is 1. The Bertz CT molecular complexity index is 455. The van der Waals surface area contributed by atoms with Gasteiger partial charge in [0, 0.05) is 19.1 Å². The van der Waals surface area contributed by atoms with Gasteiger partial charge < -0.3 is 9.84 Å². The number of benzene rings is 1. The quantitative estimate of drug-likeness (QED) is 0.832. The monoisotopic (exact) mass is 279 g/mol. The highest BCUT2D eigenvalue weighted by Gasteiger charge is 2.15. The minimum atomic E-state index is -0.962. The molecule has 0 bridgehead atoms. The summed E-state index contributed by atoms with van der Waals surface area (Å²) in [5.74, 6) is 0.0529. The van der Waals surface area contributed by atoms with Crippen LogP contribution in [0.15, 0.2) is 18.2 Å². The molecule has 1 rings (SSSR count). The zero-order valence-corrected chi connectivity index (χ0v) is 13.0. The largest absolute Gasteiger partial charge is 0.496 e. The van der Waals surface area contributed by atoms with Crippen LogP contribution in [0.4, 0.5) is 0 Å². The maximum atomic E-state index is 11.1. The molecule has 1 N–H and O–H groups in total. The second-order valence-electron chi connectivity index (χ2n) is 5.76. The normalized spacial score (nSPS) is 11.4. The number of nitrogens with zero attached hydrogens (tertiary/aromatic N) is 1. The van der Waals surface area contributed by atoms with Crippen molar-refractivity contribution in [2.24, 2.45) is 5.92 Å². The molecule has 0 radical (unpaired) electrons. The van der Waals surface area contributed by atoms with E-state index in [4.69, 9.17) is 9.84 Å². The minimum Gasteiger partial charge on any atom is -0.496 e. The van der Waals surface area contributed by atoms with Gasteiger partial charge in [0.05, 0.1) is 7.11 Å². The first-order valence-corrected chi connectivity index (χ1v) is 6.99. The van der Waals surface area contributed by atoms with Crippen LogP contribution in [0.25, 0.3) is 0 Å². The molecule has 0 saturated carbocycles. The fourth-order valence-corrected chi connectivity index (χ4v) is 2.17. The van der Waals surface area contributed by atoms with E-state index in [0.29, 0.717) is 17.7 Å². The fraction of sp³-hybridized carbons (Fsp3) is 0.562. The highest BCUT2D eigenvalue weighted by atomic mass is 16.5. The van der Waals surface area contributed by atoms with E-state index < -0.39 is 5.97 Å². The van der Waals surface area contributed by atoms with Crippen molar-refractivity contribution in [1.29, 1.82) is 0 Å². The Morgan fingerprint density at radius 3 is 2.40 bits per heavy atom. The molecule has 20 heavy (non-hydrogen) atoms. The molecule has 0 aliphatic heterocycles. The van der Waals surface area contributed by atoms with Gasteiger partial charge in [-0.2, -0.15) is 0 Å². The number of hydrogen-bond donors (Lipinski definition) is 1. The number of hydrogen-bond acceptors (Lipinski definition) is 3. The molecule has 1 aromatic carbocycles. The zero-order chi connectivity index (χ0) is 15.3. The molecule has 0 aliphatic carbocycles. The van der Waals surface area contributed by atoms with Crippen molar-refractivity contribution in [3.05, 3.63) is 29.3 Å². The van der Waals surface area contributed by atoms with Crippen molar-refractivity contribution >= 4 is 5.97 Å². The van der Waals surface area contributed by atoms with Crippen molar-refractivity contribution in [3.63, 3.8) is 0 Å². The lowest BCUT2D eigenvalue weighted by molar-refractivity contribution is 0.0693. The van der Waals surface area contributed by atoms with E-state index in [2.05, 4.69) is 32.6 Å². The number of ether oxygens (including phenoxy) is 1. The average molecular weight is 279 g/mol. The summed E-state index contributed by atoms with van der Waals surface area (Å²) >= 11 is 0. The van der Waals surface area contributed by atoms with Gasteiger partial charge in [-0.25, -0.2) is 4.79 Å². The molecular weight excluding hydrogens is 254 g/mol. The second kappa shape index (κ2) is 7.29. The van der Waals surface area contributed by atoms with Crippen LogP contribution >= 0.6 is 0 Å². The number of methoxy groups -OCH3 is 1. The summed E-state index contributed by atoms with van der Waals surface area (Å²) in [7, 11) is 1.50. The first-order valence-electron chi connectivity index (χ1n) is 6.99. The standard InChI is InChI=1S/C16H25NO3/c1-11(2)9-17(12(3)4)10-13-6-7-14(16(18)19)15(8-13)20-5/h6-8,11-12H,9-10H2,1-5H3,(H,18,19). The van der Waals surface area contributed by atoms with Gasteiger partial charge in [0.15, 0.2) is 0 Å². The summed E-state index contributed by atoms with van der Waals surface area (Å²) < 4.78 is 5.17. The number of rotatable bonds is 7. The van der Waals surface area contributed by atoms with Crippen LogP contribution in [0, 0.1) is 5.92 Å². The highest BCUT2D eigenvalue weighted by Crippen LogP contribution is 2.22. The maximum absolute atomic E-state index is 11.1. The van der Waals surface area contributed by atoms with Gasteiger partial charge in [-0.05, 0) is 37.5 Å². The Labute approximate surface area is 121 Å². The van der Waals surface area contributed by atoms with Crippen molar-refractivity contribution < 1.29 is 14.6 Å². The van der Waals surface area contributed by atoms with E-state index in [1.807, 2.05) is 12.1 Å². The summed E-state index contributed by atoms with van der Waals surface area (Å²) in [6.07, 6.45) is 0. The van der Waals surface area contributed by atoms with Crippen LogP contribution in [0.3, 0.4) is 0 Å².